The second-order valence-electron chi connectivity index (χ2n) is 4.38. The third-order valence-electron chi connectivity index (χ3n) is 2.97. The van der Waals surface area contributed by atoms with Crippen LogP contribution in [0.15, 0.2) is 4.99 Å². The van der Waals surface area contributed by atoms with Crippen molar-refractivity contribution in [2.45, 2.75) is 47.0 Å². The first-order valence-electron chi connectivity index (χ1n) is 7.38. The highest BCUT2D eigenvalue weighted by Crippen LogP contribution is 2.06. The van der Waals surface area contributed by atoms with E-state index in [0.717, 1.165) is 45.2 Å². The van der Waals surface area contributed by atoms with Gasteiger partial charge in [-0.1, -0.05) is 26.7 Å². The van der Waals surface area contributed by atoms with Gasteiger partial charge >= 0.3 is 0 Å². The highest BCUT2D eigenvalue weighted by atomic mass is 16.5. The first-order chi connectivity index (χ1) is 8.78. The molecule has 0 radical (unpaired) electrons. The Morgan fingerprint density at radius 1 is 1.11 bits per heavy atom. The van der Waals surface area contributed by atoms with Crippen LogP contribution < -0.4 is 10.6 Å². The summed E-state index contributed by atoms with van der Waals surface area (Å²) in [7, 11) is 0. The Labute approximate surface area is 113 Å². The summed E-state index contributed by atoms with van der Waals surface area (Å²) in [5.74, 6) is 1.63. The van der Waals surface area contributed by atoms with E-state index in [9.17, 15) is 0 Å². The van der Waals surface area contributed by atoms with Gasteiger partial charge in [-0.3, -0.25) is 4.99 Å². The van der Waals surface area contributed by atoms with E-state index in [-0.39, 0.29) is 0 Å². The van der Waals surface area contributed by atoms with Crippen molar-refractivity contribution in [3.05, 3.63) is 0 Å². The van der Waals surface area contributed by atoms with Crippen LogP contribution in [-0.4, -0.2) is 38.8 Å². The second kappa shape index (κ2) is 12.7. The van der Waals surface area contributed by atoms with Gasteiger partial charge in [0.25, 0.3) is 0 Å². The molecule has 0 unspecified atom stereocenters. The summed E-state index contributed by atoms with van der Waals surface area (Å²) in [5.41, 5.74) is 0. The molecular weight excluding hydrogens is 226 g/mol. The zero-order valence-corrected chi connectivity index (χ0v) is 12.6. The number of hydrogen-bond donors (Lipinski definition) is 2. The largest absolute Gasteiger partial charge is 0.382 e. The van der Waals surface area contributed by atoms with Crippen molar-refractivity contribution in [3.63, 3.8) is 0 Å². The third kappa shape index (κ3) is 9.28. The number of ether oxygens (including phenoxy) is 1. The van der Waals surface area contributed by atoms with Crippen LogP contribution in [0.5, 0.6) is 0 Å². The van der Waals surface area contributed by atoms with Crippen molar-refractivity contribution in [3.8, 4) is 0 Å². The van der Waals surface area contributed by atoms with E-state index in [0.29, 0.717) is 5.92 Å². The van der Waals surface area contributed by atoms with Crippen LogP contribution in [0.4, 0.5) is 0 Å². The number of rotatable bonds is 10. The average molecular weight is 257 g/mol. The number of guanidine groups is 1. The summed E-state index contributed by atoms with van der Waals surface area (Å²) >= 11 is 0. The molecule has 0 rings (SSSR count). The van der Waals surface area contributed by atoms with Crippen LogP contribution in [0.3, 0.4) is 0 Å². The van der Waals surface area contributed by atoms with Crippen molar-refractivity contribution in [2.24, 2.45) is 10.9 Å². The molecule has 0 aliphatic carbocycles. The van der Waals surface area contributed by atoms with E-state index >= 15 is 0 Å². The van der Waals surface area contributed by atoms with Crippen molar-refractivity contribution >= 4 is 5.96 Å². The lowest BCUT2D eigenvalue weighted by atomic mass is 10.0. The fourth-order valence-corrected chi connectivity index (χ4v) is 1.63. The van der Waals surface area contributed by atoms with Gasteiger partial charge in [-0.25, -0.2) is 0 Å². The van der Waals surface area contributed by atoms with E-state index in [1.54, 1.807) is 0 Å². The van der Waals surface area contributed by atoms with Crippen molar-refractivity contribution in [1.29, 1.82) is 0 Å². The van der Waals surface area contributed by atoms with E-state index < -0.39 is 0 Å². The lowest BCUT2D eigenvalue weighted by Crippen LogP contribution is -2.38. The van der Waals surface area contributed by atoms with Gasteiger partial charge in [-0.05, 0) is 26.2 Å². The Bertz CT molecular complexity index is 203. The van der Waals surface area contributed by atoms with Gasteiger partial charge in [-0.2, -0.15) is 0 Å². The maximum Gasteiger partial charge on any atom is 0.191 e. The predicted octanol–water partition coefficient (Wildman–Crippen LogP) is 2.40. The Morgan fingerprint density at radius 3 is 2.39 bits per heavy atom. The van der Waals surface area contributed by atoms with Gasteiger partial charge in [0.05, 0.1) is 0 Å². The molecule has 4 nitrogen and oxygen atoms in total. The molecule has 0 amide bonds. The lowest BCUT2D eigenvalue weighted by Gasteiger charge is -2.13. The highest BCUT2D eigenvalue weighted by Gasteiger charge is 2.03. The van der Waals surface area contributed by atoms with E-state index in [2.05, 4.69) is 36.4 Å². The fraction of sp³-hybridized carbons (Fsp3) is 0.929. The van der Waals surface area contributed by atoms with Gasteiger partial charge < -0.3 is 15.4 Å². The maximum atomic E-state index is 5.31. The molecule has 108 valence electrons. The number of nitrogens with one attached hydrogen (secondary N) is 2. The Kier molecular flexibility index (Phi) is 12.1. The van der Waals surface area contributed by atoms with Gasteiger partial charge in [0.2, 0.25) is 0 Å². The molecule has 0 fully saturated rings. The topological polar surface area (TPSA) is 45.7 Å². The fourth-order valence-electron chi connectivity index (χ4n) is 1.63. The minimum absolute atomic E-state index is 0.698. The molecule has 0 aromatic carbocycles. The molecule has 0 aliphatic heterocycles. The molecular formula is C14H31N3O. The SMILES string of the molecule is CCNC(=NCC(CC)CC)NCCCOCC. The first kappa shape index (κ1) is 17.2. The van der Waals surface area contributed by atoms with Crippen LogP contribution in [0, 0.1) is 5.92 Å². The van der Waals surface area contributed by atoms with Gasteiger partial charge in [0.15, 0.2) is 5.96 Å². The zero-order chi connectivity index (χ0) is 13.6. The molecule has 4 heteroatoms. The zero-order valence-electron chi connectivity index (χ0n) is 12.6. The summed E-state index contributed by atoms with van der Waals surface area (Å²) in [6, 6.07) is 0. The van der Waals surface area contributed by atoms with Crippen LogP contribution in [-0.2, 0) is 4.74 Å². The molecule has 18 heavy (non-hydrogen) atoms. The molecule has 0 atom stereocenters. The predicted molar refractivity (Wildman–Crippen MR) is 79.2 cm³/mol. The van der Waals surface area contributed by atoms with Gasteiger partial charge in [-0.15, -0.1) is 0 Å². The quantitative estimate of drug-likeness (QED) is 0.359. The molecule has 0 heterocycles. The van der Waals surface area contributed by atoms with E-state index in [1.807, 2.05) is 6.92 Å². The number of nitrogens with zero attached hydrogens (tertiary/aromatic N) is 1. The van der Waals surface area contributed by atoms with Crippen LogP contribution >= 0.6 is 0 Å². The Morgan fingerprint density at radius 2 is 1.83 bits per heavy atom. The molecule has 0 saturated carbocycles. The molecule has 0 bridgehead atoms. The van der Waals surface area contributed by atoms with Gasteiger partial charge in [0, 0.05) is 32.8 Å². The minimum atomic E-state index is 0.698. The highest BCUT2D eigenvalue weighted by molar-refractivity contribution is 5.79. The Hall–Kier alpha value is -0.770. The molecule has 2 N–H and O–H groups in total. The van der Waals surface area contributed by atoms with Crippen molar-refractivity contribution < 1.29 is 4.74 Å². The summed E-state index contributed by atoms with van der Waals surface area (Å²) in [6.07, 6.45) is 3.41. The van der Waals surface area contributed by atoms with Crippen LogP contribution in [0.1, 0.15) is 47.0 Å². The first-order valence-corrected chi connectivity index (χ1v) is 7.38. The van der Waals surface area contributed by atoms with Crippen molar-refractivity contribution in [2.75, 3.05) is 32.8 Å². The number of aliphatic imine (C=N–C) groups is 1. The lowest BCUT2D eigenvalue weighted by molar-refractivity contribution is 0.145. The van der Waals surface area contributed by atoms with E-state index in [1.165, 1.54) is 12.8 Å². The van der Waals surface area contributed by atoms with Crippen LogP contribution in [0.25, 0.3) is 0 Å². The Balaban J connectivity index is 3.92. The summed E-state index contributed by atoms with van der Waals surface area (Å²) in [4.78, 5) is 4.63. The van der Waals surface area contributed by atoms with Crippen LogP contribution in [0.2, 0.25) is 0 Å². The molecule has 0 aliphatic rings. The monoisotopic (exact) mass is 257 g/mol. The molecule has 0 aromatic rings. The maximum absolute atomic E-state index is 5.31. The minimum Gasteiger partial charge on any atom is -0.382 e. The normalized spacial score (nSPS) is 11.9. The summed E-state index contributed by atoms with van der Waals surface area (Å²) < 4.78 is 5.31. The number of hydrogen-bond acceptors (Lipinski definition) is 2. The van der Waals surface area contributed by atoms with Crippen molar-refractivity contribution in [1.82, 2.24) is 10.6 Å². The third-order valence-corrected chi connectivity index (χ3v) is 2.97. The average Bonchev–Trinajstić information content (AvgIpc) is 2.39. The molecule has 0 spiro atoms. The molecule has 0 saturated heterocycles. The second-order valence-corrected chi connectivity index (χ2v) is 4.38. The smallest absolute Gasteiger partial charge is 0.191 e. The molecule has 0 aromatic heterocycles. The van der Waals surface area contributed by atoms with Gasteiger partial charge in [0.1, 0.15) is 0 Å². The summed E-state index contributed by atoms with van der Waals surface area (Å²) in [6.45, 7) is 12.9. The summed E-state index contributed by atoms with van der Waals surface area (Å²) in [5, 5.41) is 6.62. The van der Waals surface area contributed by atoms with E-state index in [4.69, 9.17) is 4.74 Å². The standard InChI is InChI=1S/C14H31N3O/c1-5-13(6-2)12-17-14(15-7-3)16-10-9-11-18-8-4/h13H,5-12H2,1-4H3,(H2,15,16,17).